The summed E-state index contributed by atoms with van der Waals surface area (Å²) in [4.78, 5) is 11.7. The van der Waals surface area contributed by atoms with Gasteiger partial charge in [0.25, 0.3) is 5.56 Å². The Morgan fingerprint density at radius 3 is 2.77 bits per heavy atom. The third kappa shape index (κ3) is 1.21. The molecular weight excluding hydrogens is 162 g/mol. The maximum atomic E-state index is 11.7. The van der Waals surface area contributed by atoms with Gasteiger partial charge >= 0.3 is 0 Å². The Balaban J connectivity index is 2.69. The maximum absolute atomic E-state index is 11.7. The normalized spacial score (nSPS) is 20.4. The zero-order valence-electron chi connectivity index (χ0n) is 8.42. The summed E-state index contributed by atoms with van der Waals surface area (Å²) in [5.41, 5.74) is 3.57. The lowest BCUT2D eigenvalue weighted by Crippen LogP contribution is -2.22. The SMILES string of the molecule is Cc1cc(C)c(=O)n2c1CC(C)C2. The summed E-state index contributed by atoms with van der Waals surface area (Å²) < 4.78 is 1.94. The maximum Gasteiger partial charge on any atom is 0.253 e. The first-order valence-corrected chi connectivity index (χ1v) is 4.79. The predicted molar refractivity (Wildman–Crippen MR) is 53.0 cm³/mol. The van der Waals surface area contributed by atoms with Crippen LogP contribution in [0.4, 0.5) is 0 Å². The van der Waals surface area contributed by atoms with Crippen LogP contribution in [0.15, 0.2) is 10.9 Å². The quantitative estimate of drug-likeness (QED) is 0.590. The van der Waals surface area contributed by atoms with E-state index < -0.39 is 0 Å². The van der Waals surface area contributed by atoms with Gasteiger partial charge in [-0.25, -0.2) is 0 Å². The standard InChI is InChI=1S/C11H15NO/c1-7-4-10-8(2)5-9(3)11(13)12(10)6-7/h5,7H,4,6H2,1-3H3. The van der Waals surface area contributed by atoms with E-state index in [0.717, 1.165) is 18.5 Å². The number of pyridine rings is 1. The monoisotopic (exact) mass is 177 g/mol. The van der Waals surface area contributed by atoms with Crippen molar-refractivity contribution >= 4 is 0 Å². The highest BCUT2D eigenvalue weighted by Crippen LogP contribution is 2.21. The van der Waals surface area contributed by atoms with Crippen LogP contribution in [0, 0.1) is 19.8 Å². The largest absolute Gasteiger partial charge is 0.312 e. The van der Waals surface area contributed by atoms with Crippen molar-refractivity contribution in [3.63, 3.8) is 0 Å². The third-order valence-electron chi connectivity index (χ3n) is 2.83. The highest BCUT2D eigenvalue weighted by molar-refractivity contribution is 5.27. The summed E-state index contributed by atoms with van der Waals surface area (Å²) in [5.74, 6) is 0.619. The average Bonchev–Trinajstić information content (AvgIpc) is 2.44. The minimum Gasteiger partial charge on any atom is -0.312 e. The van der Waals surface area contributed by atoms with Gasteiger partial charge in [0, 0.05) is 17.8 Å². The van der Waals surface area contributed by atoms with Crippen molar-refractivity contribution in [2.45, 2.75) is 33.7 Å². The fraction of sp³-hybridized carbons (Fsp3) is 0.545. The fourth-order valence-corrected chi connectivity index (χ4v) is 2.19. The molecule has 0 amide bonds. The zero-order chi connectivity index (χ0) is 9.59. The fourth-order valence-electron chi connectivity index (χ4n) is 2.19. The molecular formula is C11H15NO. The van der Waals surface area contributed by atoms with Crippen LogP contribution < -0.4 is 5.56 Å². The lowest BCUT2D eigenvalue weighted by molar-refractivity contribution is 0.556. The van der Waals surface area contributed by atoms with Crippen molar-refractivity contribution < 1.29 is 0 Å². The van der Waals surface area contributed by atoms with Gasteiger partial charge in [-0.3, -0.25) is 4.79 Å². The van der Waals surface area contributed by atoms with Crippen LogP contribution >= 0.6 is 0 Å². The number of hydrogen-bond acceptors (Lipinski definition) is 1. The lowest BCUT2D eigenvalue weighted by atomic mass is 10.1. The Morgan fingerprint density at radius 1 is 1.38 bits per heavy atom. The van der Waals surface area contributed by atoms with Gasteiger partial charge in [-0.1, -0.05) is 6.92 Å². The second-order valence-corrected chi connectivity index (χ2v) is 4.18. The first-order valence-electron chi connectivity index (χ1n) is 4.79. The molecule has 0 radical (unpaired) electrons. The molecule has 0 fully saturated rings. The van der Waals surface area contributed by atoms with E-state index in [0.29, 0.717) is 5.92 Å². The predicted octanol–water partition coefficient (Wildman–Crippen LogP) is 1.66. The molecule has 1 aliphatic heterocycles. The number of nitrogens with zero attached hydrogens (tertiary/aromatic N) is 1. The Labute approximate surface area is 78.2 Å². The molecule has 2 nitrogen and oxygen atoms in total. The van der Waals surface area contributed by atoms with E-state index in [9.17, 15) is 4.79 Å². The molecule has 0 N–H and O–H groups in total. The molecule has 0 aromatic carbocycles. The van der Waals surface area contributed by atoms with E-state index in [2.05, 4.69) is 13.8 Å². The summed E-state index contributed by atoms with van der Waals surface area (Å²) in [7, 11) is 0. The van der Waals surface area contributed by atoms with Crippen LogP contribution in [0.2, 0.25) is 0 Å². The zero-order valence-corrected chi connectivity index (χ0v) is 8.42. The van der Waals surface area contributed by atoms with E-state index in [1.54, 1.807) is 0 Å². The minimum atomic E-state index is 0.199. The minimum absolute atomic E-state index is 0.199. The van der Waals surface area contributed by atoms with E-state index in [1.165, 1.54) is 11.3 Å². The van der Waals surface area contributed by atoms with Gasteiger partial charge in [0.05, 0.1) is 0 Å². The Kier molecular flexibility index (Phi) is 1.79. The van der Waals surface area contributed by atoms with E-state index in [4.69, 9.17) is 0 Å². The van der Waals surface area contributed by atoms with Crippen molar-refractivity contribution in [1.29, 1.82) is 0 Å². The van der Waals surface area contributed by atoms with Gasteiger partial charge in [-0.05, 0) is 37.8 Å². The van der Waals surface area contributed by atoms with Crippen LogP contribution in [0.3, 0.4) is 0 Å². The van der Waals surface area contributed by atoms with Gasteiger partial charge in [-0.2, -0.15) is 0 Å². The second kappa shape index (κ2) is 2.72. The highest BCUT2D eigenvalue weighted by atomic mass is 16.1. The molecule has 0 saturated heterocycles. The molecule has 1 atom stereocenters. The molecule has 1 aromatic rings. The molecule has 13 heavy (non-hydrogen) atoms. The molecule has 0 spiro atoms. The van der Waals surface area contributed by atoms with Crippen LogP contribution in [0.1, 0.15) is 23.7 Å². The number of aryl methyl sites for hydroxylation is 2. The first kappa shape index (κ1) is 8.54. The molecule has 2 rings (SSSR count). The van der Waals surface area contributed by atoms with E-state index in [1.807, 2.05) is 17.6 Å². The van der Waals surface area contributed by atoms with Crippen molar-refractivity contribution in [3.05, 3.63) is 33.2 Å². The molecule has 1 aromatic heterocycles. The average molecular weight is 177 g/mol. The topological polar surface area (TPSA) is 22.0 Å². The summed E-state index contributed by atoms with van der Waals surface area (Å²) in [5, 5.41) is 0. The number of rotatable bonds is 0. The van der Waals surface area contributed by atoms with Crippen LogP contribution in [-0.2, 0) is 13.0 Å². The lowest BCUT2D eigenvalue weighted by Gasteiger charge is -2.06. The Hall–Kier alpha value is -1.05. The van der Waals surface area contributed by atoms with Crippen LogP contribution in [0.25, 0.3) is 0 Å². The Bertz CT molecular complexity index is 403. The molecule has 1 aliphatic rings. The Morgan fingerprint density at radius 2 is 2.08 bits per heavy atom. The van der Waals surface area contributed by atoms with E-state index in [-0.39, 0.29) is 5.56 Å². The van der Waals surface area contributed by atoms with Gasteiger partial charge in [0.1, 0.15) is 0 Å². The number of fused-ring (bicyclic) bond motifs is 1. The molecule has 2 heterocycles. The molecule has 0 saturated carbocycles. The molecule has 70 valence electrons. The summed E-state index contributed by atoms with van der Waals surface area (Å²) in [6, 6.07) is 2.01. The first-order chi connectivity index (χ1) is 6.09. The summed E-state index contributed by atoms with van der Waals surface area (Å²) in [6.45, 7) is 7.08. The molecule has 1 unspecified atom stereocenters. The molecule has 2 heteroatoms. The summed E-state index contributed by atoms with van der Waals surface area (Å²) >= 11 is 0. The van der Waals surface area contributed by atoms with Crippen molar-refractivity contribution in [2.24, 2.45) is 5.92 Å². The number of aromatic nitrogens is 1. The smallest absolute Gasteiger partial charge is 0.253 e. The van der Waals surface area contributed by atoms with Crippen LogP contribution in [-0.4, -0.2) is 4.57 Å². The third-order valence-corrected chi connectivity index (χ3v) is 2.83. The van der Waals surface area contributed by atoms with Gasteiger partial charge < -0.3 is 4.57 Å². The summed E-state index contributed by atoms with van der Waals surface area (Å²) in [6.07, 6.45) is 1.06. The van der Waals surface area contributed by atoms with Crippen LogP contribution in [0.5, 0.6) is 0 Å². The second-order valence-electron chi connectivity index (χ2n) is 4.18. The molecule has 0 bridgehead atoms. The van der Waals surface area contributed by atoms with E-state index >= 15 is 0 Å². The van der Waals surface area contributed by atoms with Gasteiger partial charge in [0.2, 0.25) is 0 Å². The van der Waals surface area contributed by atoms with Gasteiger partial charge in [-0.15, -0.1) is 0 Å². The van der Waals surface area contributed by atoms with Crippen molar-refractivity contribution in [1.82, 2.24) is 4.57 Å². The number of hydrogen-bond donors (Lipinski definition) is 0. The van der Waals surface area contributed by atoms with Crippen molar-refractivity contribution in [2.75, 3.05) is 0 Å². The molecule has 0 aliphatic carbocycles. The highest BCUT2D eigenvalue weighted by Gasteiger charge is 2.20. The van der Waals surface area contributed by atoms with Gasteiger partial charge in [0.15, 0.2) is 0 Å². The van der Waals surface area contributed by atoms with Crippen molar-refractivity contribution in [3.8, 4) is 0 Å².